The number of anilines is 3. The first-order chi connectivity index (χ1) is 20.0. The summed E-state index contributed by atoms with van der Waals surface area (Å²) in [5, 5.41) is 6.21. The van der Waals surface area contributed by atoms with Crippen LogP contribution in [0.4, 0.5) is 17.1 Å². The van der Waals surface area contributed by atoms with Crippen molar-refractivity contribution in [3.05, 3.63) is 103 Å². The Labute approximate surface area is 244 Å². The van der Waals surface area contributed by atoms with Crippen molar-refractivity contribution in [2.24, 2.45) is 0 Å². The first kappa shape index (κ1) is 29.2. The fourth-order valence-electron chi connectivity index (χ4n) is 5.22. The molecule has 0 bridgehead atoms. The Balaban J connectivity index is 1.32. The third-order valence-electron chi connectivity index (χ3n) is 7.35. The van der Waals surface area contributed by atoms with Gasteiger partial charge >= 0.3 is 5.97 Å². The first-order valence-corrected chi connectivity index (χ1v) is 15.2. The van der Waals surface area contributed by atoms with Crippen molar-refractivity contribution >= 4 is 33.1 Å². The van der Waals surface area contributed by atoms with Crippen LogP contribution in [0, 0.1) is 20.8 Å². The lowest BCUT2D eigenvalue weighted by atomic mass is 10.0. The van der Waals surface area contributed by atoms with Crippen LogP contribution in [0.3, 0.4) is 0 Å². The predicted octanol–water partition coefficient (Wildman–Crippen LogP) is 4.26. The number of methoxy groups -OCH3 is 1. The Hall–Kier alpha value is -4.28. The molecule has 0 heterocycles. The van der Waals surface area contributed by atoms with Gasteiger partial charge in [0.1, 0.15) is 17.4 Å². The molecular weight excluding hydrogens is 554 g/mol. The second kappa shape index (κ2) is 11.5. The number of aryl methyl sites for hydroxylation is 3. The van der Waals surface area contributed by atoms with Gasteiger partial charge in [0.15, 0.2) is 0 Å². The zero-order valence-electron chi connectivity index (χ0n) is 23.9. The topological polar surface area (TPSA) is 131 Å². The number of carbonyl (C=O) groups excluding carboxylic acids is 1. The van der Waals surface area contributed by atoms with E-state index in [1.165, 1.54) is 7.11 Å². The van der Waals surface area contributed by atoms with Crippen molar-refractivity contribution in [1.82, 2.24) is 4.72 Å². The molecule has 0 saturated heterocycles. The highest BCUT2D eigenvalue weighted by Crippen LogP contribution is 2.30. The molecule has 1 fully saturated rings. The van der Waals surface area contributed by atoms with Crippen LogP contribution in [0.25, 0.3) is 11.1 Å². The third-order valence-corrected chi connectivity index (χ3v) is 9.13. The number of sulfonamides is 1. The Bertz CT molecular complexity index is 1810. The van der Waals surface area contributed by atoms with Crippen LogP contribution in [-0.2, 0) is 26.0 Å². The highest BCUT2D eigenvalue weighted by Gasteiger charge is 2.30. The maximum absolute atomic E-state index is 13.3. The molecule has 42 heavy (non-hydrogen) atoms. The van der Waals surface area contributed by atoms with Crippen LogP contribution in [0.5, 0.6) is 0 Å². The standard InChI is InChI=1S/C32H33N3O6S/c1-18-14-19(2)31(20(3)15-18)42(39,40)35-26(32(38)41-4)16-21-8-10-22(11-9-21)23-6-5-7-25(17-23)34-28-27(29(36)30(28)37)33-24-12-13-24/h5-11,14-15,17,24,26,33-35H,12-13,16H2,1-4H3/t26-/m0/s1. The molecule has 0 radical (unpaired) electrons. The maximum Gasteiger partial charge on any atom is 0.324 e. The Morgan fingerprint density at radius 3 is 2.17 bits per heavy atom. The molecule has 0 unspecified atom stereocenters. The molecule has 4 aromatic rings. The van der Waals surface area contributed by atoms with Crippen molar-refractivity contribution in [1.29, 1.82) is 0 Å². The average Bonchev–Trinajstić information content (AvgIpc) is 3.78. The van der Waals surface area contributed by atoms with Crippen molar-refractivity contribution in [3.8, 4) is 11.1 Å². The molecule has 1 aliphatic rings. The lowest BCUT2D eigenvalue weighted by molar-refractivity contribution is -0.142. The van der Waals surface area contributed by atoms with Gasteiger partial charge in [-0.05, 0) is 80.0 Å². The molecule has 0 spiro atoms. The molecule has 0 amide bonds. The summed E-state index contributed by atoms with van der Waals surface area (Å²) in [5.41, 5.74) is 4.93. The molecule has 218 valence electrons. The van der Waals surface area contributed by atoms with Crippen LogP contribution in [0.2, 0.25) is 0 Å². The molecule has 1 saturated carbocycles. The zero-order valence-corrected chi connectivity index (χ0v) is 24.7. The van der Waals surface area contributed by atoms with Gasteiger partial charge in [0, 0.05) is 11.7 Å². The van der Waals surface area contributed by atoms with E-state index in [9.17, 15) is 22.8 Å². The molecule has 1 aliphatic carbocycles. The van der Waals surface area contributed by atoms with Crippen molar-refractivity contribution in [3.63, 3.8) is 0 Å². The predicted molar refractivity (Wildman–Crippen MR) is 164 cm³/mol. The molecule has 3 N–H and O–H groups in total. The Morgan fingerprint density at radius 1 is 0.905 bits per heavy atom. The van der Waals surface area contributed by atoms with Crippen LogP contribution in [0.15, 0.2) is 75.1 Å². The highest BCUT2D eigenvalue weighted by atomic mass is 32.2. The summed E-state index contributed by atoms with van der Waals surface area (Å²) < 4.78 is 34.1. The van der Waals surface area contributed by atoms with Gasteiger partial charge in [-0.1, -0.05) is 54.1 Å². The van der Waals surface area contributed by atoms with Gasteiger partial charge in [-0.2, -0.15) is 4.72 Å². The Kier molecular flexibility index (Phi) is 8.03. The van der Waals surface area contributed by atoms with E-state index < -0.39 is 32.9 Å². The quantitative estimate of drug-likeness (QED) is 0.175. The number of nitrogens with one attached hydrogen (secondary N) is 3. The minimum absolute atomic E-state index is 0.0960. The van der Waals surface area contributed by atoms with Gasteiger partial charge in [0.05, 0.1) is 12.0 Å². The van der Waals surface area contributed by atoms with E-state index in [0.717, 1.165) is 35.1 Å². The van der Waals surface area contributed by atoms with Gasteiger partial charge in [0.2, 0.25) is 10.0 Å². The lowest BCUT2D eigenvalue weighted by Crippen LogP contribution is -2.43. The molecular formula is C32H33N3O6S. The SMILES string of the molecule is COC(=O)[C@H](Cc1ccc(-c2cccc(Nc3c(NC4CC4)c(=O)c3=O)c2)cc1)NS(=O)(=O)c1c(C)cc(C)cc1C. The number of hydrogen-bond donors (Lipinski definition) is 3. The summed E-state index contributed by atoms with van der Waals surface area (Å²) in [6, 6.07) is 17.6. The van der Waals surface area contributed by atoms with Crippen molar-refractivity contribution in [2.75, 3.05) is 17.7 Å². The number of benzene rings is 3. The van der Waals surface area contributed by atoms with Gasteiger partial charge in [-0.3, -0.25) is 14.4 Å². The molecule has 5 rings (SSSR count). The van der Waals surface area contributed by atoms with Gasteiger partial charge in [0.25, 0.3) is 10.9 Å². The van der Waals surface area contributed by atoms with Crippen LogP contribution in [0.1, 0.15) is 35.1 Å². The molecule has 1 atom stereocenters. The number of ether oxygens (including phenoxy) is 1. The molecule has 4 aromatic carbocycles. The summed E-state index contributed by atoms with van der Waals surface area (Å²) in [5.74, 6) is -0.683. The largest absolute Gasteiger partial charge is 0.468 e. The second-order valence-corrected chi connectivity index (χ2v) is 12.5. The number of esters is 1. The summed E-state index contributed by atoms with van der Waals surface area (Å²) >= 11 is 0. The van der Waals surface area contributed by atoms with Crippen LogP contribution >= 0.6 is 0 Å². The van der Waals surface area contributed by atoms with Crippen LogP contribution < -0.4 is 26.2 Å². The fourth-order valence-corrected chi connectivity index (χ4v) is 6.86. The van der Waals surface area contributed by atoms with Gasteiger partial charge in [-0.15, -0.1) is 0 Å². The summed E-state index contributed by atoms with van der Waals surface area (Å²) in [4.78, 5) is 36.9. The lowest BCUT2D eigenvalue weighted by Gasteiger charge is -2.19. The van der Waals surface area contributed by atoms with E-state index in [1.54, 1.807) is 26.0 Å². The third kappa shape index (κ3) is 6.14. The smallest absolute Gasteiger partial charge is 0.324 e. The van der Waals surface area contributed by atoms with Crippen molar-refractivity contribution < 1.29 is 17.9 Å². The normalized spacial score (nSPS) is 14.0. The monoisotopic (exact) mass is 587 g/mol. The second-order valence-electron chi connectivity index (χ2n) is 10.9. The van der Waals surface area contributed by atoms with Crippen molar-refractivity contribution in [2.45, 2.75) is 57.0 Å². The van der Waals surface area contributed by atoms with E-state index in [0.29, 0.717) is 22.5 Å². The summed E-state index contributed by atoms with van der Waals surface area (Å²) in [6.45, 7) is 5.36. The first-order valence-electron chi connectivity index (χ1n) is 13.7. The molecule has 0 aromatic heterocycles. The Morgan fingerprint density at radius 2 is 1.55 bits per heavy atom. The van der Waals surface area contributed by atoms with E-state index >= 15 is 0 Å². The van der Waals surface area contributed by atoms with Crippen LogP contribution in [-0.4, -0.2) is 33.6 Å². The number of carbonyl (C=O) groups is 1. The van der Waals surface area contributed by atoms with E-state index in [4.69, 9.17) is 4.74 Å². The van der Waals surface area contributed by atoms with E-state index in [1.807, 2.05) is 55.5 Å². The summed E-state index contributed by atoms with van der Waals surface area (Å²) in [6.07, 6.45) is 2.07. The van der Waals surface area contributed by atoms with E-state index in [-0.39, 0.29) is 23.0 Å². The summed E-state index contributed by atoms with van der Waals surface area (Å²) in [7, 11) is -2.78. The number of hydrogen-bond acceptors (Lipinski definition) is 8. The maximum atomic E-state index is 13.3. The fraction of sp³-hybridized carbons (Fsp3) is 0.281. The van der Waals surface area contributed by atoms with Gasteiger partial charge in [-0.25, -0.2) is 8.42 Å². The minimum atomic E-state index is -4.00. The van der Waals surface area contributed by atoms with E-state index in [2.05, 4.69) is 15.4 Å². The molecule has 10 heteroatoms. The zero-order chi connectivity index (χ0) is 30.2. The average molecular weight is 588 g/mol. The number of rotatable bonds is 11. The highest BCUT2D eigenvalue weighted by molar-refractivity contribution is 7.89. The minimum Gasteiger partial charge on any atom is -0.468 e. The molecule has 0 aliphatic heterocycles. The van der Waals surface area contributed by atoms with Gasteiger partial charge < -0.3 is 15.4 Å². The molecule has 9 nitrogen and oxygen atoms in total.